The van der Waals surface area contributed by atoms with Gasteiger partial charge < -0.3 is 10.6 Å². The lowest BCUT2D eigenvalue weighted by Gasteiger charge is -2.06. The Morgan fingerprint density at radius 1 is 1.18 bits per heavy atom. The Bertz CT molecular complexity index is 1010. The fourth-order valence-corrected chi connectivity index (χ4v) is 3.57. The number of rotatable bonds is 5. The summed E-state index contributed by atoms with van der Waals surface area (Å²) in [5, 5.41) is 16.5. The summed E-state index contributed by atoms with van der Waals surface area (Å²) in [6.07, 6.45) is 0. The summed E-state index contributed by atoms with van der Waals surface area (Å²) in [6, 6.07) is 14.4. The van der Waals surface area contributed by atoms with E-state index in [1.165, 1.54) is 29.5 Å². The molecule has 144 valence electrons. The molecule has 0 fully saturated rings. The van der Waals surface area contributed by atoms with Crippen molar-refractivity contribution in [2.24, 2.45) is 4.99 Å². The molecule has 0 saturated heterocycles. The van der Waals surface area contributed by atoms with Gasteiger partial charge in [0.15, 0.2) is 5.84 Å². The number of halogens is 2. The quantitative estimate of drug-likeness (QED) is 0.243. The van der Waals surface area contributed by atoms with Gasteiger partial charge in [0.25, 0.3) is 0 Å². The first-order chi connectivity index (χ1) is 13.5. The average molecular weight is 463 g/mol. The first-order valence-corrected chi connectivity index (χ1v) is 9.83. The van der Waals surface area contributed by atoms with Crippen LogP contribution >= 0.6 is 27.3 Å². The molecule has 0 aliphatic heterocycles. The molecule has 2 aromatic carbocycles. The van der Waals surface area contributed by atoms with Gasteiger partial charge in [-0.15, -0.1) is 11.3 Å². The van der Waals surface area contributed by atoms with E-state index in [1.807, 2.05) is 35.7 Å². The first kappa shape index (κ1) is 20.0. The third kappa shape index (κ3) is 5.62. The molecule has 0 saturated carbocycles. The van der Waals surface area contributed by atoms with Crippen LogP contribution in [0.3, 0.4) is 0 Å². The predicted octanol–water partition coefficient (Wildman–Crippen LogP) is 5.03. The molecule has 2 amide bonds. The number of carbonyl (C=O) groups is 1. The van der Waals surface area contributed by atoms with E-state index in [1.54, 1.807) is 6.07 Å². The normalized spacial score (nSPS) is 11.2. The molecule has 1 heterocycles. The number of benzene rings is 2. The Morgan fingerprint density at radius 2 is 2.00 bits per heavy atom. The van der Waals surface area contributed by atoms with Crippen molar-refractivity contribution in [1.29, 1.82) is 0 Å². The molecule has 1 aromatic heterocycles. The molecule has 28 heavy (non-hydrogen) atoms. The lowest BCUT2D eigenvalue weighted by molar-refractivity contribution is 0.235. The van der Waals surface area contributed by atoms with Gasteiger partial charge in [-0.25, -0.2) is 14.2 Å². The molecule has 6 nitrogen and oxygen atoms in total. The number of hydrogen-bond donors (Lipinski definition) is 4. The van der Waals surface area contributed by atoms with E-state index >= 15 is 0 Å². The lowest BCUT2D eigenvalue weighted by Crippen LogP contribution is -2.28. The second-order valence-corrected chi connectivity index (χ2v) is 7.52. The Kier molecular flexibility index (Phi) is 6.75. The number of hydroxylamine groups is 1. The average Bonchev–Trinajstić information content (AvgIpc) is 3.13. The van der Waals surface area contributed by atoms with Crippen LogP contribution in [-0.2, 0) is 6.54 Å². The lowest BCUT2D eigenvalue weighted by atomic mass is 10.3. The summed E-state index contributed by atoms with van der Waals surface area (Å²) < 4.78 is 14.0. The van der Waals surface area contributed by atoms with Crippen molar-refractivity contribution in [3.8, 4) is 0 Å². The van der Waals surface area contributed by atoms with Crippen LogP contribution in [0.5, 0.6) is 0 Å². The monoisotopic (exact) mass is 462 g/mol. The molecule has 0 spiro atoms. The summed E-state index contributed by atoms with van der Waals surface area (Å²) in [5.74, 6) is -0.118. The van der Waals surface area contributed by atoms with Gasteiger partial charge in [-0.3, -0.25) is 10.7 Å². The minimum Gasteiger partial charge on any atom is -0.334 e. The van der Waals surface area contributed by atoms with E-state index in [0.717, 1.165) is 10.0 Å². The van der Waals surface area contributed by atoms with Crippen molar-refractivity contribution in [2.75, 3.05) is 5.32 Å². The van der Waals surface area contributed by atoms with E-state index < -0.39 is 11.8 Å². The number of anilines is 1. The molecule has 3 rings (SSSR count). The molecule has 9 heteroatoms. The Labute approximate surface area is 173 Å². The summed E-state index contributed by atoms with van der Waals surface area (Å²) >= 11 is 4.76. The van der Waals surface area contributed by atoms with Gasteiger partial charge in [0.05, 0.1) is 10.6 Å². The van der Waals surface area contributed by atoms with Gasteiger partial charge in [-0.2, -0.15) is 0 Å². The summed E-state index contributed by atoms with van der Waals surface area (Å²) in [4.78, 5) is 17.0. The number of urea groups is 1. The number of amides is 2. The van der Waals surface area contributed by atoms with Crippen LogP contribution in [-0.4, -0.2) is 17.1 Å². The topological polar surface area (TPSA) is 85.8 Å². The number of nitrogens with zero attached hydrogens (tertiary/aromatic N) is 1. The van der Waals surface area contributed by atoms with E-state index in [2.05, 4.69) is 37.0 Å². The van der Waals surface area contributed by atoms with E-state index in [-0.39, 0.29) is 6.54 Å². The van der Waals surface area contributed by atoms with Crippen molar-refractivity contribution in [1.82, 2.24) is 10.8 Å². The molecule has 0 bridgehead atoms. The number of thiophene rings is 1. The van der Waals surface area contributed by atoms with Crippen LogP contribution in [0.25, 0.3) is 0 Å². The number of hydrogen-bond acceptors (Lipinski definition) is 4. The molecule has 0 aliphatic rings. The fraction of sp³-hybridized carbons (Fsp3) is 0.0526. The highest BCUT2D eigenvalue weighted by molar-refractivity contribution is 9.10. The van der Waals surface area contributed by atoms with Gasteiger partial charge in [-0.1, -0.05) is 28.1 Å². The summed E-state index contributed by atoms with van der Waals surface area (Å²) in [7, 11) is 0. The second-order valence-electron chi connectivity index (χ2n) is 5.69. The van der Waals surface area contributed by atoms with Crippen molar-refractivity contribution in [3.05, 3.63) is 80.7 Å². The highest BCUT2D eigenvalue weighted by Crippen LogP contribution is 2.21. The number of nitrogens with one attached hydrogen (secondary N) is 3. The summed E-state index contributed by atoms with van der Waals surface area (Å²) in [5.41, 5.74) is 4.00. The van der Waals surface area contributed by atoms with Crippen molar-refractivity contribution in [2.45, 2.75) is 6.54 Å². The van der Waals surface area contributed by atoms with Gasteiger partial charge >= 0.3 is 6.03 Å². The second kappa shape index (κ2) is 9.45. The zero-order valence-corrected chi connectivity index (χ0v) is 16.8. The Balaban J connectivity index is 1.62. The zero-order chi connectivity index (χ0) is 19.9. The number of aliphatic imine (C=N–C) groups is 1. The fourth-order valence-electron chi connectivity index (χ4n) is 2.33. The largest absolute Gasteiger partial charge is 0.334 e. The minimum absolute atomic E-state index is 0.271. The third-order valence-corrected chi connectivity index (χ3v) is 5.06. The SMILES string of the molecule is O=C(NCc1csc(C(=Nc2cccc(Br)c2)NO)c1)Nc1cccc(F)c1. The van der Waals surface area contributed by atoms with Crippen molar-refractivity contribution >= 4 is 50.5 Å². The predicted molar refractivity (Wildman–Crippen MR) is 112 cm³/mol. The van der Waals surface area contributed by atoms with Crippen molar-refractivity contribution < 1.29 is 14.4 Å². The molecule has 0 aliphatic carbocycles. The van der Waals surface area contributed by atoms with Crippen molar-refractivity contribution in [3.63, 3.8) is 0 Å². The van der Waals surface area contributed by atoms with Crippen LogP contribution in [0.2, 0.25) is 0 Å². The maximum absolute atomic E-state index is 13.1. The third-order valence-electron chi connectivity index (χ3n) is 3.58. The van der Waals surface area contributed by atoms with E-state index in [0.29, 0.717) is 22.1 Å². The van der Waals surface area contributed by atoms with Crippen LogP contribution in [0.4, 0.5) is 20.6 Å². The van der Waals surface area contributed by atoms with Gasteiger partial charge in [0.1, 0.15) is 5.82 Å². The van der Waals surface area contributed by atoms with E-state index in [4.69, 9.17) is 0 Å². The van der Waals surface area contributed by atoms with Gasteiger partial charge in [0.2, 0.25) is 0 Å². The summed E-state index contributed by atoms with van der Waals surface area (Å²) in [6.45, 7) is 0.271. The highest BCUT2D eigenvalue weighted by atomic mass is 79.9. The molecule has 0 atom stereocenters. The molecule has 4 N–H and O–H groups in total. The minimum atomic E-state index is -0.443. The van der Waals surface area contributed by atoms with Crippen LogP contribution in [0.15, 0.2) is 69.4 Å². The smallest absolute Gasteiger partial charge is 0.319 e. The van der Waals surface area contributed by atoms with E-state index in [9.17, 15) is 14.4 Å². The van der Waals surface area contributed by atoms with Crippen LogP contribution in [0, 0.1) is 5.82 Å². The Hall–Kier alpha value is -2.75. The molecule has 3 aromatic rings. The molecular weight excluding hydrogens is 447 g/mol. The molecular formula is C19H16BrFN4O2S. The zero-order valence-electron chi connectivity index (χ0n) is 14.4. The molecule has 0 radical (unpaired) electrons. The van der Waals surface area contributed by atoms with Gasteiger partial charge in [0, 0.05) is 16.7 Å². The Morgan fingerprint density at radius 3 is 2.75 bits per heavy atom. The first-order valence-electron chi connectivity index (χ1n) is 8.16. The van der Waals surface area contributed by atoms with Crippen LogP contribution < -0.4 is 16.1 Å². The maximum atomic E-state index is 13.1. The standard InChI is InChI=1S/C19H16BrFN4O2S/c20-13-3-1-5-15(8-13)23-18(25-27)17-7-12(11-28-17)10-22-19(26)24-16-6-2-4-14(21)9-16/h1-9,11,27H,10H2,(H,23,25)(H2,22,24,26). The van der Waals surface area contributed by atoms with Crippen LogP contribution in [0.1, 0.15) is 10.4 Å². The maximum Gasteiger partial charge on any atom is 0.319 e. The molecule has 0 unspecified atom stereocenters. The number of carbonyl (C=O) groups excluding carboxylic acids is 1. The number of amidine groups is 1. The van der Waals surface area contributed by atoms with Gasteiger partial charge in [-0.05, 0) is 53.4 Å². The highest BCUT2D eigenvalue weighted by Gasteiger charge is 2.09.